The van der Waals surface area contributed by atoms with Gasteiger partial charge < -0.3 is 14.2 Å². The second-order valence-corrected chi connectivity index (χ2v) is 7.77. The molecule has 4 nitrogen and oxygen atoms in total. The van der Waals surface area contributed by atoms with Gasteiger partial charge >= 0.3 is 5.97 Å². The lowest BCUT2D eigenvalue weighted by Crippen LogP contribution is -2.40. The van der Waals surface area contributed by atoms with Crippen molar-refractivity contribution in [1.29, 1.82) is 0 Å². The van der Waals surface area contributed by atoms with E-state index in [0.29, 0.717) is 12.3 Å². The Morgan fingerprint density at radius 2 is 2.00 bits per heavy atom. The summed E-state index contributed by atoms with van der Waals surface area (Å²) in [5, 5.41) is 0. The van der Waals surface area contributed by atoms with Gasteiger partial charge in [0.15, 0.2) is 0 Å². The highest BCUT2D eigenvalue weighted by Crippen LogP contribution is 2.78. The first kappa shape index (κ1) is 13.1. The molecule has 4 fully saturated rings. The first-order valence-electron chi connectivity index (χ1n) is 8.01. The molecule has 0 bridgehead atoms. The number of epoxide rings is 2. The molecule has 4 atom stereocenters. The molecular weight excluding hydrogens is 256 g/mol. The van der Waals surface area contributed by atoms with Gasteiger partial charge in [-0.1, -0.05) is 20.3 Å². The van der Waals surface area contributed by atoms with Crippen molar-refractivity contribution in [3.63, 3.8) is 0 Å². The van der Waals surface area contributed by atoms with Crippen LogP contribution in [0.2, 0.25) is 0 Å². The van der Waals surface area contributed by atoms with Crippen molar-refractivity contribution in [2.24, 2.45) is 17.3 Å². The van der Waals surface area contributed by atoms with E-state index in [1.807, 2.05) is 6.92 Å². The number of hydrogen-bond donors (Lipinski definition) is 0. The Balaban J connectivity index is 1.43. The van der Waals surface area contributed by atoms with Crippen molar-refractivity contribution in [1.82, 2.24) is 0 Å². The zero-order valence-electron chi connectivity index (χ0n) is 12.6. The predicted octanol–water partition coefficient (Wildman–Crippen LogP) is 3.00. The standard InChI is InChI=1S/C16H24O4/c1-10-5-4-6-12(7-10)18-13(17)14(3)8-11(2)16-15(9-14,19-16)20-16/h10-12H,4-9H2,1-3H3. The van der Waals surface area contributed by atoms with E-state index in [1.165, 1.54) is 12.8 Å². The van der Waals surface area contributed by atoms with Crippen LogP contribution in [-0.2, 0) is 19.0 Å². The first-order valence-corrected chi connectivity index (χ1v) is 8.01. The van der Waals surface area contributed by atoms with E-state index in [2.05, 4.69) is 13.8 Å². The molecule has 2 aliphatic carbocycles. The van der Waals surface area contributed by atoms with Gasteiger partial charge in [-0.25, -0.2) is 0 Å². The summed E-state index contributed by atoms with van der Waals surface area (Å²) >= 11 is 0. The fourth-order valence-electron chi connectivity index (χ4n) is 4.55. The molecule has 0 radical (unpaired) electrons. The van der Waals surface area contributed by atoms with Gasteiger partial charge in [-0.05, 0) is 38.5 Å². The molecule has 4 rings (SSSR count). The minimum absolute atomic E-state index is 0.0441. The van der Waals surface area contributed by atoms with Crippen molar-refractivity contribution in [3.05, 3.63) is 0 Å². The number of hydrogen-bond acceptors (Lipinski definition) is 4. The van der Waals surface area contributed by atoms with E-state index < -0.39 is 11.2 Å². The SMILES string of the molecule is CC1CCCC(OC(=O)C2(C)CC(C)C34OC3(C2)O4)C1. The second kappa shape index (κ2) is 3.77. The van der Waals surface area contributed by atoms with Gasteiger partial charge in [-0.15, -0.1) is 0 Å². The molecule has 112 valence electrons. The van der Waals surface area contributed by atoms with Gasteiger partial charge in [0, 0.05) is 12.3 Å². The van der Waals surface area contributed by atoms with Gasteiger partial charge in [0.25, 0.3) is 0 Å². The van der Waals surface area contributed by atoms with E-state index in [0.717, 1.165) is 19.3 Å². The third-order valence-corrected chi connectivity index (χ3v) is 5.76. The summed E-state index contributed by atoms with van der Waals surface area (Å²) in [5.74, 6) is 0.144. The van der Waals surface area contributed by atoms with Crippen molar-refractivity contribution in [2.45, 2.75) is 77.0 Å². The number of ether oxygens (including phenoxy) is 3. The number of carbonyl (C=O) groups excluding carboxylic acids is 1. The molecule has 0 aromatic rings. The molecule has 4 heteroatoms. The largest absolute Gasteiger partial charge is 0.462 e. The Hall–Kier alpha value is -0.610. The summed E-state index contributed by atoms with van der Waals surface area (Å²) in [7, 11) is 0. The third-order valence-electron chi connectivity index (χ3n) is 5.76. The molecule has 2 heterocycles. The minimum Gasteiger partial charge on any atom is -0.462 e. The van der Waals surface area contributed by atoms with Crippen molar-refractivity contribution < 1.29 is 19.0 Å². The highest BCUT2D eigenvalue weighted by Gasteiger charge is 2.95. The normalized spacial score (nSPS) is 56.5. The number of rotatable bonds is 2. The van der Waals surface area contributed by atoms with Crippen LogP contribution in [0.4, 0.5) is 0 Å². The number of carbonyl (C=O) groups is 1. The smallest absolute Gasteiger partial charge is 0.312 e. The molecular formula is C16H24O4. The average molecular weight is 280 g/mol. The lowest BCUT2D eigenvalue weighted by Gasteiger charge is -2.34. The molecule has 2 aliphatic heterocycles. The highest BCUT2D eigenvalue weighted by atomic mass is 17.0. The van der Waals surface area contributed by atoms with Gasteiger partial charge in [0.2, 0.25) is 11.6 Å². The fourth-order valence-corrected chi connectivity index (χ4v) is 4.55. The summed E-state index contributed by atoms with van der Waals surface area (Å²) in [5.41, 5.74) is -0.448. The topological polar surface area (TPSA) is 51.4 Å². The van der Waals surface area contributed by atoms with E-state index in [1.54, 1.807) is 0 Å². The summed E-state index contributed by atoms with van der Waals surface area (Å²) < 4.78 is 17.2. The molecule has 4 aliphatic rings. The number of esters is 1. The van der Waals surface area contributed by atoms with Crippen LogP contribution < -0.4 is 0 Å². The molecule has 20 heavy (non-hydrogen) atoms. The average Bonchev–Trinajstić information content (AvgIpc) is 3.15. The molecule has 0 aromatic carbocycles. The molecule has 0 spiro atoms. The maximum Gasteiger partial charge on any atom is 0.312 e. The first-order chi connectivity index (χ1) is 9.39. The van der Waals surface area contributed by atoms with E-state index >= 15 is 0 Å². The monoisotopic (exact) mass is 280 g/mol. The molecule has 0 N–H and O–H groups in total. The maximum atomic E-state index is 12.6. The van der Waals surface area contributed by atoms with Crippen LogP contribution in [-0.4, -0.2) is 23.6 Å². The van der Waals surface area contributed by atoms with Crippen LogP contribution in [0.15, 0.2) is 0 Å². The van der Waals surface area contributed by atoms with Crippen molar-refractivity contribution >= 4 is 5.97 Å². The Labute approximate surface area is 120 Å². The van der Waals surface area contributed by atoms with Crippen LogP contribution in [0.25, 0.3) is 0 Å². The van der Waals surface area contributed by atoms with Crippen molar-refractivity contribution in [2.75, 3.05) is 0 Å². The quantitative estimate of drug-likeness (QED) is 0.576. The highest BCUT2D eigenvalue weighted by molar-refractivity contribution is 5.77. The molecule has 0 amide bonds. The van der Waals surface area contributed by atoms with E-state index in [9.17, 15) is 4.79 Å². The Morgan fingerprint density at radius 1 is 1.25 bits per heavy atom. The van der Waals surface area contributed by atoms with E-state index in [4.69, 9.17) is 14.2 Å². The zero-order valence-corrected chi connectivity index (χ0v) is 12.6. The lowest BCUT2D eigenvalue weighted by molar-refractivity contribution is -0.166. The molecule has 0 aromatic heterocycles. The summed E-state index contributed by atoms with van der Waals surface area (Å²) in [6.07, 6.45) is 6.04. The van der Waals surface area contributed by atoms with Crippen LogP contribution >= 0.6 is 0 Å². The Bertz CT molecular complexity index is 453. The lowest BCUT2D eigenvalue weighted by atomic mass is 9.71. The van der Waals surface area contributed by atoms with Crippen molar-refractivity contribution in [3.8, 4) is 0 Å². The summed E-state index contributed by atoms with van der Waals surface area (Å²) in [6.45, 7) is 6.37. The molecule has 4 unspecified atom stereocenters. The van der Waals surface area contributed by atoms with Gasteiger partial charge in [-0.3, -0.25) is 4.79 Å². The van der Waals surface area contributed by atoms with Crippen LogP contribution in [0.5, 0.6) is 0 Å². The van der Waals surface area contributed by atoms with Gasteiger partial charge in [0.1, 0.15) is 6.10 Å². The fraction of sp³-hybridized carbons (Fsp3) is 0.938. The van der Waals surface area contributed by atoms with Crippen LogP contribution in [0.1, 0.15) is 59.3 Å². The minimum atomic E-state index is -0.448. The third kappa shape index (κ3) is 1.64. The van der Waals surface area contributed by atoms with Gasteiger partial charge in [-0.2, -0.15) is 0 Å². The Morgan fingerprint density at radius 3 is 2.65 bits per heavy atom. The maximum absolute atomic E-state index is 12.6. The van der Waals surface area contributed by atoms with Crippen LogP contribution in [0, 0.1) is 17.3 Å². The predicted molar refractivity (Wildman–Crippen MR) is 71.6 cm³/mol. The molecule has 2 saturated heterocycles. The van der Waals surface area contributed by atoms with Gasteiger partial charge in [0.05, 0.1) is 5.41 Å². The van der Waals surface area contributed by atoms with E-state index in [-0.39, 0.29) is 23.8 Å². The Kier molecular flexibility index (Phi) is 2.47. The van der Waals surface area contributed by atoms with Crippen LogP contribution in [0.3, 0.4) is 0 Å². The zero-order chi connectivity index (χ0) is 14.2. The second-order valence-electron chi connectivity index (χ2n) is 7.77. The molecule has 2 saturated carbocycles. The summed E-state index contributed by atoms with van der Waals surface area (Å²) in [4.78, 5) is 12.6. The summed E-state index contributed by atoms with van der Waals surface area (Å²) in [6, 6.07) is 0.